The zero-order valence-corrected chi connectivity index (χ0v) is 8.57. The minimum atomic E-state index is -0.0681. The molecule has 1 amide bonds. The molecule has 4 nitrogen and oxygen atoms in total. The number of hydrogen-bond acceptors (Lipinski definition) is 3. The number of rotatable bonds is 6. The first-order valence-electron chi connectivity index (χ1n) is 4.99. The first kappa shape index (κ1) is 11.7. The van der Waals surface area contributed by atoms with E-state index in [0.29, 0.717) is 25.2 Å². The summed E-state index contributed by atoms with van der Waals surface area (Å²) in [5.74, 6) is -0.0681. The van der Waals surface area contributed by atoms with Crippen molar-refractivity contribution in [2.45, 2.75) is 0 Å². The lowest BCUT2D eigenvalue weighted by Crippen LogP contribution is -2.32. The van der Waals surface area contributed by atoms with Gasteiger partial charge in [-0.05, 0) is 12.1 Å². The van der Waals surface area contributed by atoms with E-state index < -0.39 is 0 Å². The molecule has 0 radical (unpaired) electrons. The Bertz CT molecular complexity index is 288. The van der Waals surface area contributed by atoms with Gasteiger partial charge in [0.25, 0.3) is 5.91 Å². The molecule has 0 saturated heterocycles. The van der Waals surface area contributed by atoms with Crippen molar-refractivity contribution >= 4 is 5.91 Å². The lowest BCUT2D eigenvalue weighted by Gasteiger charge is -2.05. The minimum Gasteiger partial charge on any atom is -0.395 e. The standard InChI is InChI=1S/C11H16N2O2/c14-9-8-12-6-7-13-11(15)10-4-2-1-3-5-10/h1-5,12,14H,6-9H2,(H,13,15). The number of hydrogen-bond donors (Lipinski definition) is 3. The van der Waals surface area contributed by atoms with Crippen LogP contribution in [-0.4, -0.2) is 37.3 Å². The lowest BCUT2D eigenvalue weighted by molar-refractivity contribution is 0.0954. The van der Waals surface area contributed by atoms with E-state index in [-0.39, 0.29) is 12.5 Å². The maximum Gasteiger partial charge on any atom is 0.251 e. The van der Waals surface area contributed by atoms with Gasteiger partial charge >= 0.3 is 0 Å². The van der Waals surface area contributed by atoms with Crippen LogP contribution in [0.15, 0.2) is 30.3 Å². The molecule has 0 unspecified atom stereocenters. The third-order valence-corrected chi connectivity index (χ3v) is 1.91. The van der Waals surface area contributed by atoms with Crippen molar-refractivity contribution in [2.24, 2.45) is 0 Å². The zero-order valence-electron chi connectivity index (χ0n) is 8.57. The molecule has 15 heavy (non-hydrogen) atoms. The van der Waals surface area contributed by atoms with Gasteiger partial charge in [0.05, 0.1) is 6.61 Å². The van der Waals surface area contributed by atoms with Crippen LogP contribution in [0.2, 0.25) is 0 Å². The molecular formula is C11H16N2O2. The van der Waals surface area contributed by atoms with Gasteiger partial charge in [-0.15, -0.1) is 0 Å². The van der Waals surface area contributed by atoms with Crippen LogP contribution in [0.4, 0.5) is 0 Å². The number of amides is 1. The number of aliphatic hydroxyl groups is 1. The van der Waals surface area contributed by atoms with Crippen LogP contribution in [-0.2, 0) is 0 Å². The summed E-state index contributed by atoms with van der Waals surface area (Å²) in [5, 5.41) is 14.3. The third-order valence-electron chi connectivity index (χ3n) is 1.91. The Morgan fingerprint density at radius 3 is 2.53 bits per heavy atom. The lowest BCUT2D eigenvalue weighted by atomic mass is 10.2. The molecule has 0 fully saturated rings. The van der Waals surface area contributed by atoms with Gasteiger partial charge in [-0.1, -0.05) is 18.2 Å². The van der Waals surface area contributed by atoms with Crippen LogP contribution in [0.5, 0.6) is 0 Å². The molecule has 0 saturated carbocycles. The first-order chi connectivity index (χ1) is 7.34. The molecule has 0 aliphatic heterocycles. The largest absolute Gasteiger partial charge is 0.395 e. The summed E-state index contributed by atoms with van der Waals surface area (Å²) < 4.78 is 0. The number of carbonyl (C=O) groups excluding carboxylic acids is 1. The third kappa shape index (κ3) is 4.58. The number of nitrogens with one attached hydrogen (secondary N) is 2. The van der Waals surface area contributed by atoms with Crippen LogP contribution >= 0.6 is 0 Å². The topological polar surface area (TPSA) is 61.4 Å². The van der Waals surface area contributed by atoms with Crippen LogP contribution in [0, 0.1) is 0 Å². The predicted octanol–water partition coefficient (Wildman–Crippen LogP) is -0.00170. The molecule has 82 valence electrons. The Labute approximate surface area is 89.3 Å². The summed E-state index contributed by atoms with van der Waals surface area (Å²) in [6.45, 7) is 1.90. The fraction of sp³-hybridized carbons (Fsp3) is 0.364. The molecule has 0 aliphatic rings. The van der Waals surface area contributed by atoms with E-state index in [4.69, 9.17) is 5.11 Å². The molecule has 0 bridgehead atoms. The van der Waals surface area contributed by atoms with Gasteiger partial charge in [-0.2, -0.15) is 0 Å². The molecule has 0 aromatic heterocycles. The van der Waals surface area contributed by atoms with Gasteiger partial charge in [0.1, 0.15) is 0 Å². The molecule has 0 atom stereocenters. The molecule has 1 aromatic rings. The summed E-state index contributed by atoms with van der Waals surface area (Å²) >= 11 is 0. The molecule has 3 N–H and O–H groups in total. The summed E-state index contributed by atoms with van der Waals surface area (Å²) in [5.41, 5.74) is 0.666. The van der Waals surface area contributed by atoms with Crippen molar-refractivity contribution in [2.75, 3.05) is 26.2 Å². The van der Waals surface area contributed by atoms with E-state index in [1.807, 2.05) is 18.2 Å². The highest BCUT2D eigenvalue weighted by atomic mass is 16.3. The van der Waals surface area contributed by atoms with Crippen molar-refractivity contribution < 1.29 is 9.90 Å². The van der Waals surface area contributed by atoms with Gasteiger partial charge in [-0.3, -0.25) is 4.79 Å². The summed E-state index contributed by atoms with van der Waals surface area (Å²) in [6.07, 6.45) is 0. The van der Waals surface area contributed by atoms with E-state index in [9.17, 15) is 4.79 Å². The summed E-state index contributed by atoms with van der Waals surface area (Å²) in [4.78, 5) is 11.5. The monoisotopic (exact) mass is 208 g/mol. The van der Waals surface area contributed by atoms with Crippen LogP contribution in [0.25, 0.3) is 0 Å². The predicted molar refractivity (Wildman–Crippen MR) is 58.7 cm³/mol. The maximum absolute atomic E-state index is 11.5. The average Bonchev–Trinajstić information content (AvgIpc) is 2.30. The highest BCUT2D eigenvalue weighted by molar-refractivity contribution is 5.94. The zero-order chi connectivity index (χ0) is 10.9. The van der Waals surface area contributed by atoms with E-state index >= 15 is 0 Å². The molecule has 1 aromatic carbocycles. The fourth-order valence-corrected chi connectivity index (χ4v) is 1.16. The van der Waals surface area contributed by atoms with Gasteiger partial charge in [0.15, 0.2) is 0 Å². The van der Waals surface area contributed by atoms with Crippen molar-refractivity contribution in [3.05, 3.63) is 35.9 Å². The molecule has 1 rings (SSSR count). The Kier molecular flexibility index (Phi) is 5.43. The van der Waals surface area contributed by atoms with Gasteiger partial charge < -0.3 is 15.7 Å². The smallest absolute Gasteiger partial charge is 0.251 e. The van der Waals surface area contributed by atoms with Crippen molar-refractivity contribution in [3.8, 4) is 0 Å². The summed E-state index contributed by atoms with van der Waals surface area (Å²) in [6, 6.07) is 9.09. The van der Waals surface area contributed by atoms with Gasteiger partial charge in [0, 0.05) is 25.2 Å². The van der Waals surface area contributed by atoms with E-state index in [1.165, 1.54) is 0 Å². The fourth-order valence-electron chi connectivity index (χ4n) is 1.16. The Morgan fingerprint density at radius 2 is 1.87 bits per heavy atom. The number of aliphatic hydroxyl groups excluding tert-OH is 1. The van der Waals surface area contributed by atoms with Crippen molar-refractivity contribution in [1.29, 1.82) is 0 Å². The normalized spacial score (nSPS) is 9.93. The second kappa shape index (κ2) is 6.98. The molecule has 4 heteroatoms. The second-order valence-electron chi connectivity index (χ2n) is 3.10. The Hall–Kier alpha value is -1.39. The van der Waals surface area contributed by atoms with Crippen LogP contribution in [0.1, 0.15) is 10.4 Å². The highest BCUT2D eigenvalue weighted by Gasteiger charge is 2.01. The molecular weight excluding hydrogens is 192 g/mol. The number of carbonyl (C=O) groups is 1. The molecule has 0 aliphatic carbocycles. The van der Waals surface area contributed by atoms with Crippen LogP contribution < -0.4 is 10.6 Å². The average molecular weight is 208 g/mol. The Balaban J connectivity index is 2.20. The minimum absolute atomic E-state index is 0.0681. The van der Waals surface area contributed by atoms with E-state index in [2.05, 4.69) is 10.6 Å². The Morgan fingerprint density at radius 1 is 1.13 bits per heavy atom. The SMILES string of the molecule is O=C(NCCNCCO)c1ccccc1. The van der Waals surface area contributed by atoms with E-state index in [0.717, 1.165) is 0 Å². The highest BCUT2D eigenvalue weighted by Crippen LogP contribution is 1.96. The maximum atomic E-state index is 11.5. The first-order valence-corrected chi connectivity index (χ1v) is 4.99. The van der Waals surface area contributed by atoms with Crippen molar-refractivity contribution in [1.82, 2.24) is 10.6 Å². The van der Waals surface area contributed by atoms with Crippen molar-refractivity contribution in [3.63, 3.8) is 0 Å². The molecule has 0 heterocycles. The van der Waals surface area contributed by atoms with Gasteiger partial charge in [-0.25, -0.2) is 0 Å². The molecule has 0 spiro atoms. The number of benzene rings is 1. The second-order valence-corrected chi connectivity index (χ2v) is 3.10. The summed E-state index contributed by atoms with van der Waals surface area (Å²) in [7, 11) is 0. The van der Waals surface area contributed by atoms with Crippen LogP contribution in [0.3, 0.4) is 0 Å². The quantitative estimate of drug-likeness (QED) is 0.577. The van der Waals surface area contributed by atoms with Gasteiger partial charge in [0.2, 0.25) is 0 Å². The van der Waals surface area contributed by atoms with E-state index in [1.54, 1.807) is 12.1 Å².